The highest BCUT2D eigenvalue weighted by atomic mass is 35.5. The summed E-state index contributed by atoms with van der Waals surface area (Å²) < 4.78 is 5.24. The van der Waals surface area contributed by atoms with Crippen LogP contribution in [0.1, 0.15) is 17.7 Å². The van der Waals surface area contributed by atoms with E-state index in [0.717, 1.165) is 24.2 Å². The molecule has 0 aliphatic carbocycles. The third kappa shape index (κ3) is 4.10. The molecule has 1 unspecified atom stereocenters. The average Bonchev–Trinajstić information content (AvgIpc) is 2.90. The molecule has 0 saturated heterocycles. The van der Waals surface area contributed by atoms with Crippen molar-refractivity contribution in [3.63, 3.8) is 0 Å². The van der Waals surface area contributed by atoms with Crippen molar-refractivity contribution in [1.82, 2.24) is 0 Å². The molecule has 100 valence electrons. The minimum Gasteiger partial charge on any atom is -0.469 e. The van der Waals surface area contributed by atoms with Gasteiger partial charge in [0.25, 0.3) is 5.69 Å². The lowest BCUT2D eigenvalue weighted by molar-refractivity contribution is -0.384. The molecule has 0 aliphatic heterocycles. The minimum atomic E-state index is -0.404. The number of non-ortho nitro benzene ring substituents is 1. The molecule has 0 amide bonds. The number of aryl methyl sites for hydroxylation is 1. The summed E-state index contributed by atoms with van der Waals surface area (Å²) in [6.07, 6.45) is 3.95. The number of hydrogen-bond donors (Lipinski definition) is 0. The summed E-state index contributed by atoms with van der Waals surface area (Å²) in [7, 11) is 0. The molecular formula is C14H14ClNO3. The van der Waals surface area contributed by atoms with Crippen LogP contribution >= 0.6 is 11.6 Å². The average molecular weight is 280 g/mol. The van der Waals surface area contributed by atoms with E-state index >= 15 is 0 Å². The molecule has 0 radical (unpaired) electrons. The van der Waals surface area contributed by atoms with Gasteiger partial charge in [-0.1, -0.05) is 12.1 Å². The van der Waals surface area contributed by atoms with Gasteiger partial charge in [0.15, 0.2) is 0 Å². The summed E-state index contributed by atoms with van der Waals surface area (Å²) in [6.45, 7) is 0. The number of hydrogen-bond acceptors (Lipinski definition) is 3. The predicted molar refractivity (Wildman–Crippen MR) is 73.5 cm³/mol. The summed E-state index contributed by atoms with van der Waals surface area (Å²) in [5.74, 6) is 0.925. The van der Waals surface area contributed by atoms with Crippen LogP contribution in [0.15, 0.2) is 47.1 Å². The third-order valence-electron chi connectivity index (χ3n) is 2.89. The molecule has 0 bridgehead atoms. The predicted octanol–water partition coefficient (Wildman–Crippen LogP) is 3.97. The third-order valence-corrected chi connectivity index (χ3v) is 3.26. The van der Waals surface area contributed by atoms with Crippen molar-refractivity contribution >= 4 is 17.3 Å². The Labute approximate surface area is 116 Å². The fourth-order valence-corrected chi connectivity index (χ4v) is 2.15. The van der Waals surface area contributed by atoms with Gasteiger partial charge in [0.2, 0.25) is 0 Å². The minimum absolute atomic E-state index is 0.00782. The number of rotatable bonds is 6. The first-order chi connectivity index (χ1) is 9.15. The van der Waals surface area contributed by atoms with Crippen molar-refractivity contribution in [2.75, 3.05) is 0 Å². The monoisotopic (exact) mass is 279 g/mol. The maximum absolute atomic E-state index is 10.5. The first kappa shape index (κ1) is 13.6. The van der Waals surface area contributed by atoms with Crippen LogP contribution in [0.5, 0.6) is 0 Å². The van der Waals surface area contributed by atoms with Gasteiger partial charge in [-0.2, -0.15) is 0 Å². The topological polar surface area (TPSA) is 56.3 Å². The SMILES string of the molecule is O=[N+]([O-])c1ccc(CC(Cl)CCc2ccco2)cc1. The van der Waals surface area contributed by atoms with Crippen LogP contribution in [-0.2, 0) is 12.8 Å². The van der Waals surface area contributed by atoms with Gasteiger partial charge in [-0.3, -0.25) is 10.1 Å². The Morgan fingerprint density at radius 3 is 2.58 bits per heavy atom. The number of alkyl halides is 1. The highest BCUT2D eigenvalue weighted by Gasteiger charge is 2.09. The molecule has 1 atom stereocenters. The van der Waals surface area contributed by atoms with Gasteiger partial charge in [0.1, 0.15) is 5.76 Å². The van der Waals surface area contributed by atoms with Crippen LogP contribution in [0.3, 0.4) is 0 Å². The van der Waals surface area contributed by atoms with Crippen LogP contribution in [0.25, 0.3) is 0 Å². The number of nitrogens with zero attached hydrogens (tertiary/aromatic N) is 1. The molecule has 2 aromatic rings. The van der Waals surface area contributed by atoms with E-state index in [4.69, 9.17) is 16.0 Å². The van der Waals surface area contributed by atoms with Crippen molar-refractivity contribution in [3.8, 4) is 0 Å². The molecule has 0 fully saturated rings. The van der Waals surface area contributed by atoms with Crippen molar-refractivity contribution in [1.29, 1.82) is 0 Å². The molecule has 0 aliphatic rings. The normalized spacial score (nSPS) is 12.3. The van der Waals surface area contributed by atoms with Crippen molar-refractivity contribution < 1.29 is 9.34 Å². The Bertz CT molecular complexity index is 522. The second-order valence-electron chi connectivity index (χ2n) is 4.34. The summed E-state index contributed by atoms with van der Waals surface area (Å²) in [4.78, 5) is 10.1. The zero-order valence-corrected chi connectivity index (χ0v) is 11.0. The van der Waals surface area contributed by atoms with Gasteiger partial charge in [0, 0.05) is 23.9 Å². The highest BCUT2D eigenvalue weighted by molar-refractivity contribution is 6.20. The maximum Gasteiger partial charge on any atom is 0.269 e. The van der Waals surface area contributed by atoms with Crippen LogP contribution in [0.2, 0.25) is 0 Å². The molecule has 0 saturated carbocycles. The van der Waals surface area contributed by atoms with E-state index in [1.54, 1.807) is 18.4 Å². The number of nitro groups is 1. The molecule has 1 aromatic carbocycles. The van der Waals surface area contributed by atoms with Gasteiger partial charge >= 0.3 is 0 Å². The van der Waals surface area contributed by atoms with E-state index in [2.05, 4.69) is 0 Å². The van der Waals surface area contributed by atoms with Crippen molar-refractivity contribution in [3.05, 3.63) is 64.1 Å². The Kier molecular flexibility index (Phi) is 4.58. The summed E-state index contributed by atoms with van der Waals surface area (Å²) in [5.41, 5.74) is 1.11. The molecule has 4 nitrogen and oxygen atoms in total. The largest absolute Gasteiger partial charge is 0.469 e. The van der Waals surface area contributed by atoms with Crippen LogP contribution < -0.4 is 0 Å². The van der Waals surface area contributed by atoms with Crippen molar-refractivity contribution in [2.45, 2.75) is 24.6 Å². The standard InChI is InChI=1S/C14H14ClNO3/c15-12(5-8-14-2-1-9-19-14)10-11-3-6-13(7-4-11)16(17)18/h1-4,6-7,9,12H,5,8,10H2. The van der Waals surface area contributed by atoms with Gasteiger partial charge in [-0.25, -0.2) is 0 Å². The maximum atomic E-state index is 10.5. The van der Waals surface area contributed by atoms with Crippen LogP contribution in [0.4, 0.5) is 5.69 Å². The van der Waals surface area contributed by atoms with E-state index in [1.807, 2.05) is 12.1 Å². The summed E-state index contributed by atoms with van der Waals surface area (Å²) in [5, 5.41) is 10.5. The lowest BCUT2D eigenvalue weighted by Gasteiger charge is -2.08. The van der Waals surface area contributed by atoms with E-state index < -0.39 is 4.92 Å². The molecule has 2 rings (SSSR count). The molecule has 0 N–H and O–H groups in total. The molecule has 0 spiro atoms. The molecule has 19 heavy (non-hydrogen) atoms. The van der Waals surface area contributed by atoms with E-state index in [-0.39, 0.29) is 11.1 Å². The first-order valence-corrected chi connectivity index (χ1v) is 6.48. The van der Waals surface area contributed by atoms with Crippen LogP contribution in [0, 0.1) is 10.1 Å². The quantitative estimate of drug-likeness (QED) is 0.457. The first-order valence-electron chi connectivity index (χ1n) is 6.05. The van der Waals surface area contributed by atoms with Gasteiger partial charge in [0.05, 0.1) is 11.2 Å². The van der Waals surface area contributed by atoms with Crippen molar-refractivity contribution in [2.24, 2.45) is 0 Å². The summed E-state index contributed by atoms with van der Waals surface area (Å²) in [6, 6.07) is 10.3. The van der Waals surface area contributed by atoms with E-state index in [1.165, 1.54) is 12.1 Å². The summed E-state index contributed by atoms with van der Waals surface area (Å²) >= 11 is 6.26. The highest BCUT2D eigenvalue weighted by Crippen LogP contribution is 2.17. The zero-order chi connectivity index (χ0) is 13.7. The van der Waals surface area contributed by atoms with E-state index in [0.29, 0.717) is 6.42 Å². The molecule has 1 aromatic heterocycles. The zero-order valence-electron chi connectivity index (χ0n) is 10.3. The number of benzene rings is 1. The van der Waals surface area contributed by atoms with Crippen LogP contribution in [-0.4, -0.2) is 10.3 Å². The Morgan fingerprint density at radius 1 is 1.26 bits per heavy atom. The Balaban J connectivity index is 1.84. The lowest BCUT2D eigenvalue weighted by Crippen LogP contribution is -2.05. The smallest absolute Gasteiger partial charge is 0.269 e. The second kappa shape index (κ2) is 6.38. The van der Waals surface area contributed by atoms with E-state index in [9.17, 15) is 10.1 Å². The van der Waals surface area contributed by atoms with Gasteiger partial charge < -0.3 is 4.42 Å². The number of halogens is 1. The van der Waals surface area contributed by atoms with Gasteiger partial charge in [-0.05, 0) is 30.5 Å². The number of nitro benzene ring substituents is 1. The molecular weight excluding hydrogens is 266 g/mol. The number of furan rings is 1. The molecule has 5 heteroatoms. The Hall–Kier alpha value is -1.81. The lowest BCUT2D eigenvalue weighted by atomic mass is 10.1. The Morgan fingerprint density at radius 2 is 2.00 bits per heavy atom. The fraction of sp³-hybridized carbons (Fsp3) is 0.286. The fourth-order valence-electron chi connectivity index (χ4n) is 1.87. The molecule has 1 heterocycles. The second-order valence-corrected chi connectivity index (χ2v) is 4.96. The van der Waals surface area contributed by atoms with Gasteiger partial charge in [-0.15, -0.1) is 11.6 Å².